The van der Waals surface area contributed by atoms with Gasteiger partial charge in [-0.25, -0.2) is 8.78 Å². The first-order chi connectivity index (χ1) is 4.63. The summed E-state index contributed by atoms with van der Waals surface area (Å²) in [6.45, 7) is 3.78. The molecule has 0 radical (unpaired) electrons. The number of hydrogen-bond acceptors (Lipinski definition) is 0. The monoisotopic (exact) mass is 148 g/mol. The average molecular weight is 148 g/mol. The predicted octanol–water partition coefficient (Wildman–Crippen LogP) is 2.73. The Morgan fingerprint density at radius 2 is 1.70 bits per heavy atom. The van der Waals surface area contributed by atoms with E-state index in [1.807, 2.05) is 6.92 Å². The van der Waals surface area contributed by atoms with Crippen LogP contribution in [0.1, 0.15) is 26.7 Å². The van der Waals surface area contributed by atoms with E-state index in [1.54, 1.807) is 6.92 Å². The third kappa shape index (κ3) is 1.30. The summed E-state index contributed by atoms with van der Waals surface area (Å²) in [5.41, 5.74) is 0. The second-order valence-corrected chi connectivity index (χ2v) is 3.37. The van der Waals surface area contributed by atoms with Crippen molar-refractivity contribution in [3.8, 4) is 0 Å². The van der Waals surface area contributed by atoms with E-state index < -0.39 is 12.3 Å². The lowest BCUT2D eigenvalue weighted by Gasteiger charge is -2.31. The summed E-state index contributed by atoms with van der Waals surface area (Å²) in [6.07, 6.45) is -1.18. The first-order valence-electron chi connectivity index (χ1n) is 3.91. The van der Waals surface area contributed by atoms with Crippen molar-refractivity contribution < 1.29 is 8.78 Å². The van der Waals surface area contributed by atoms with Crippen molar-refractivity contribution in [1.29, 1.82) is 0 Å². The molecular formula is C8H14F2. The van der Waals surface area contributed by atoms with Gasteiger partial charge in [0.2, 0.25) is 0 Å². The maximum atomic E-state index is 12.8. The van der Waals surface area contributed by atoms with Crippen LogP contribution in [0.15, 0.2) is 0 Å². The predicted molar refractivity (Wildman–Crippen MR) is 37.4 cm³/mol. The van der Waals surface area contributed by atoms with Crippen LogP contribution in [-0.4, -0.2) is 12.3 Å². The third-order valence-electron chi connectivity index (χ3n) is 2.64. The first-order valence-corrected chi connectivity index (χ1v) is 3.91. The molecule has 4 atom stereocenters. The molecule has 0 nitrogen and oxygen atoms in total. The zero-order valence-electron chi connectivity index (χ0n) is 6.48. The molecule has 2 heteroatoms. The molecule has 0 aliphatic heterocycles. The van der Waals surface area contributed by atoms with E-state index >= 15 is 0 Å². The Hall–Kier alpha value is -0.140. The normalized spacial score (nSPS) is 49.2. The molecule has 1 aliphatic carbocycles. The van der Waals surface area contributed by atoms with E-state index in [4.69, 9.17) is 0 Å². The Balaban J connectivity index is 2.52. The van der Waals surface area contributed by atoms with Crippen molar-refractivity contribution in [3.63, 3.8) is 0 Å². The molecule has 0 aromatic heterocycles. The molecule has 0 bridgehead atoms. The number of hydrogen-bond donors (Lipinski definition) is 0. The van der Waals surface area contributed by atoms with Gasteiger partial charge in [-0.2, -0.15) is 0 Å². The summed E-state index contributed by atoms with van der Waals surface area (Å²) >= 11 is 0. The van der Waals surface area contributed by atoms with Crippen LogP contribution in [0.25, 0.3) is 0 Å². The van der Waals surface area contributed by atoms with E-state index in [2.05, 4.69) is 0 Å². The molecule has 0 spiro atoms. The Labute approximate surface area is 60.6 Å². The Morgan fingerprint density at radius 3 is 2.20 bits per heavy atom. The highest BCUT2D eigenvalue weighted by molar-refractivity contribution is 4.83. The van der Waals surface area contributed by atoms with Gasteiger partial charge >= 0.3 is 0 Å². The summed E-state index contributed by atoms with van der Waals surface area (Å²) in [6, 6.07) is 0. The fourth-order valence-electron chi connectivity index (χ4n) is 1.49. The van der Waals surface area contributed by atoms with Gasteiger partial charge in [-0.05, 0) is 24.7 Å². The third-order valence-corrected chi connectivity index (χ3v) is 2.64. The minimum absolute atomic E-state index is 0.0938. The van der Waals surface area contributed by atoms with Gasteiger partial charge in [-0.3, -0.25) is 0 Å². The van der Waals surface area contributed by atoms with Crippen molar-refractivity contribution in [1.82, 2.24) is 0 Å². The minimum atomic E-state index is -1.22. The van der Waals surface area contributed by atoms with Crippen LogP contribution >= 0.6 is 0 Å². The van der Waals surface area contributed by atoms with Crippen LogP contribution in [0, 0.1) is 11.8 Å². The smallest absolute Gasteiger partial charge is 0.134 e. The van der Waals surface area contributed by atoms with E-state index in [0.717, 1.165) is 6.42 Å². The van der Waals surface area contributed by atoms with Crippen molar-refractivity contribution >= 4 is 0 Å². The summed E-state index contributed by atoms with van der Waals surface area (Å²) in [4.78, 5) is 0. The molecule has 0 aromatic carbocycles. The quantitative estimate of drug-likeness (QED) is 0.495. The first kappa shape index (κ1) is 7.96. The van der Waals surface area contributed by atoms with Gasteiger partial charge in [0.05, 0.1) is 0 Å². The zero-order valence-corrected chi connectivity index (χ0v) is 6.48. The fourth-order valence-corrected chi connectivity index (χ4v) is 1.49. The molecule has 0 saturated heterocycles. The molecule has 1 aliphatic rings. The lowest BCUT2D eigenvalue weighted by molar-refractivity contribution is 0.0437. The van der Waals surface area contributed by atoms with E-state index in [-0.39, 0.29) is 5.92 Å². The number of rotatable bonds is 0. The molecule has 0 amide bonds. The highest BCUT2D eigenvalue weighted by atomic mass is 19.2. The van der Waals surface area contributed by atoms with Gasteiger partial charge in [0.15, 0.2) is 0 Å². The number of alkyl halides is 2. The Kier molecular flexibility index (Phi) is 2.27. The molecule has 1 saturated carbocycles. The lowest BCUT2D eigenvalue weighted by atomic mass is 9.79. The highest BCUT2D eigenvalue weighted by Gasteiger charge is 2.34. The summed E-state index contributed by atoms with van der Waals surface area (Å²) in [5, 5.41) is 0. The summed E-state index contributed by atoms with van der Waals surface area (Å²) in [7, 11) is 0. The van der Waals surface area contributed by atoms with E-state index in [1.165, 1.54) is 0 Å². The van der Waals surface area contributed by atoms with E-state index in [9.17, 15) is 8.78 Å². The fraction of sp³-hybridized carbons (Fsp3) is 1.00. The topological polar surface area (TPSA) is 0 Å². The zero-order chi connectivity index (χ0) is 7.72. The minimum Gasteiger partial charge on any atom is -0.244 e. The SMILES string of the molecule is C[C@H]1[C@@H](F)[C@@H](F)CC[C@H]1C. The molecule has 0 heterocycles. The van der Waals surface area contributed by atoms with Gasteiger partial charge in [0.1, 0.15) is 12.3 Å². The van der Waals surface area contributed by atoms with Crippen molar-refractivity contribution in [3.05, 3.63) is 0 Å². The molecular weight excluding hydrogens is 134 g/mol. The molecule has 0 N–H and O–H groups in total. The van der Waals surface area contributed by atoms with Gasteiger partial charge in [0.25, 0.3) is 0 Å². The van der Waals surface area contributed by atoms with Crippen LogP contribution in [0.3, 0.4) is 0 Å². The Bertz CT molecular complexity index is 99.8. The standard InChI is InChI=1S/C8H14F2/c1-5-3-4-7(9)8(10)6(5)2/h5-8H,3-4H2,1-2H3/t5-,6-,7+,8-/m1/s1. The summed E-state index contributed by atoms with van der Waals surface area (Å²) in [5.74, 6) is 0.255. The second-order valence-electron chi connectivity index (χ2n) is 3.37. The van der Waals surface area contributed by atoms with Gasteiger partial charge in [-0.1, -0.05) is 13.8 Å². The summed E-state index contributed by atoms with van der Waals surface area (Å²) < 4.78 is 25.5. The molecule has 0 unspecified atom stereocenters. The molecule has 0 aromatic rings. The molecule has 1 fully saturated rings. The van der Waals surface area contributed by atoms with E-state index in [0.29, 0.717) is 12.3 Å². The van der Waals surface area contributed by atoms with Gasteiger partial charge < -0.3 is 0 Å². The van der Waals surface area contributed by atoms with Crippen LogP contribution in [0.4, 0.5) is 8.78 Å². The maximum absolute atomic E-state index is 12.8. The second kappa shape index (κ2) is 2.85. The Morgan fingerprint density at radius 1 is 1.10 bits per heavy atom. The largest absolute Gasteiger partial charge is 0.244 e. The molecule has 10 heavy (non-hydrogen) atoms. The van der Waals surface area contributed by atoms with Crippen LogP contribution < -0.4 is 0 Å². The van der Waals surface area contributed by atoms with Crippen molar-refractivity contribution in [2.75, 3.05) is 0 Å². The highest BCUT2D eigenvalue weighted by Crippen LogP contribution is 2.33. The van der Waals surface area contributed by atoms with Crippen LogP contribution in [0.2, 0.25) is 0 Å². The van der Waals surface area contributed by atoms with Gasteiger partial charge in [0, 0.05) is 0 Å². The lowest BCUT2D eigenvalue weighted by Crippen LogP contribution is -2.34. The van der Waals surface area contributed by atoms with Crippen LogP contribution in [0.5, 0.6) is 0 Å². The van der Waals surface area contributed by atoms with Gasteiger partial charge in [-0.15, -0.1) is 0 Å². The number of halogens is 2. The average Bonchev–Trinajstić information content (AvgIpc) is 1.93. The molecule has 1 rings (SSSR count). The van der Waals surface area contributed by atoms with Crippen LogP contribution in [-0.2, 0) is 0 Å². The molecule has 60 valence electrons. The van der Waals surface area contributed by atoms with Crippen molar-refractivity contribution in [2.24, 2.45) is 11.8 Å². The maximum Gasteiger partial charge on any atom is 0.134 e. The van der Waals surface area contributed by atoms with Crippen molar-refractivity contribution in [2.45, 2.75) is 39.0 Å².